The van der Waals surface area contributed by atoms with Gasteiger partial charge in [-0.2, -0.15) is 0 Å². The molecule has 2 rings (SSSR count). The fourth-order valence-electron chi connectivity index (χ4n) is 2.14. The molecule has 4 heteroatoms. The van der Waals surface area contributed by atoms with Crippen LogP contribution in [-0.4, -0.2) is 29.2 Å². The van der Waals surface area contributed by atoms with Gasteiger partial charge in [-0.3, -0.25) is 0 Å². The van der Waals surface area contributed by atoms with E-state index in [9.17, 15) is 0 Å². The van der Waals surface area contributed by atoms with Gasteiger partial charge in [-0.15, -0.1) is 0 Å². The Balaban J connectivity index is 1.67. The normalized spacial score (nSPS) is 12.3. The summed E-state index contributed by atoms with van der Waals surface area (Å²) in [5, 5.41) is 3.26. The number of benzene rings is 1. The Kier molecular flexibility index (Phi) is 6.28. The molecule has 0 bridgehead atoms. The maximum absolute atomic E-state index is 5.76. The van der Waals surface area contributed by atoms with Gasteiger partial charge in [-0.25, -0.2) is 4.98 Å². The van der Waals surface area contributed by atoms with Gasteiger partial charge in [-0.1, -0.05) is 12.1 Å². The molecular formula is C17H25N3O. The van der Waals surface area contributed by atoms with Crippen molar-refractivity contribution in [2.75, 3.05) is 13.7 Å². The summed E-state index contributed by atoms with van der Waals surface area (Å²) in [7, 11) is 2.01. The average Bonchev–Trinajstić information content (AvgIpc) is 3.03. The molecule has 0 aliphatic rings. The third kappa shape index (κ3) is 5.60. The Morgan fingerprint density at radius 3 is 2.76 bits per heavy atom. The number of nitrogens with one attached hydrogen (secondary N) is 1. The van der Waals surface area contributed by atoms with Crippen molar-refractivity contribution in [3.63, 3.8) is 0 Å². The first-order valence-corrected chi connectivity index (χ1v) is 7.62. The van der Waals surface area contributed by atoms with Crippen LogP contribution < -0.4 is 10.1 Å². The van der Waals surface area contributed by atoms with E-state index < -0.39 is 0 Å². The summed E-state index contributed by atoms with van der Waals surface area (Å²) < 4.78 is 7.82. The zero-order valence-electron chi connectivity index (χ0n) is 13.0. The van der Waals surface area contributed by atoms with E-state index in [2.05, 4.69) is 46.1 Å². The predicted molar refractivity (Wildman–Crippen MR) is 85.6 cm³/mol. The highest BCUT2D eigenvalue weighted by atomic mass is 16.5. The van der Waals surface area contributed by atoms with Gasteiger partial charge in [0, 0.05) is 25.0 Å². The molecule has 0 amide bonds. The molecule has 0 aliphatic heterocycles. The highest BCUT2D eigenvalue weighted by molar-refractivity contribution is 5.27. The molecule has 1 aromatic heterocycles. The maximum Gasteiger partial charge on any atom is 0.119 e. The molecule has 1 heterocycles. The van der Waals surface area contributed by atoms with Crippen LogP contribution in [0, 0.1) is 0 Å². The van der Waals surface area contributed by atoms with Gasteiger partial charge in [0.05, 0.1) is 12.9 Å². The summed E-state index contributed by atoms with van der Waals surface area (Å²) in [4.78, 5) is 4.02. The minimum absolute atomic E-state index is 0.559. The van der Waals surface area contributed by atoms with Crippen molar-refractivity contribution in [1.29, 1.82) is 0 Å². The van der Waals surface area contributed by atoms with Crippen LogP contribution in [0.15, 0.2) is 43.0 Å². The van der Waals surface area contributed by atoms with E-state index in [-0.39, 0.29) is 0 Å². The second-order valence-corrected chi connectivity index (χ2v) is 5.37. The van der Waals surface area contributed by atoms with Crippen molar-refractivity contribution < 1.29 is 4.74 Å². The van der Waals surface area contributed by atoms with E-state index in [0.29, 0.717) is 6.04 Å². The summed E-state index contributed by atoms with van der Waals surface area (Å²) in [6, 6.07) is 9.01. The molecule has 4 nitrogen and oxygen atoms in total. The number of imidazole rings is 1. The first kappa shape index (κ1) is 15.6. The fourth-order valence-corrected chi connectivity index (χ4v) is 2.14. The van der Waals surface area contributed by atoms with Gasteiger partial charge in [0.1, 0.15) is 5.75 Å². The van der Waals surface area contributed by atoms with E-state index in [1.165, 1.54) is 5.56 Å². The van der Waals surface area contributed by atoms with Crippen molar-refractivity contribution in [2.24, 2.45) is 0 Å². The molecule has 1 atom stereocenters. The third-order valence-corrected chi connectivity index (χ3v) is 3.67. The van der Waals surface area contributed by atoms with Gasteiger partial charge >= 0.3 is 0 Å². The first-order valence-electron chi connectivity index (χ1n) is 7.62. The van der Waals surface area contributed by atoms with Crippen LogP contribution in [0.2, 0.25) is 0 Å². The van der Waals surface area contributed by atoms with E-state index in [1.54, 1.807) is 6.20 Å². The smallest absolute Gasteiger partial charge is 0.119 e. The highest BCUT2D eigenvalue weighted by Crippen LogP contribution is 2.14. The third-order valence-electron chi connectivity index (χ3n) is 3.67. The summed E-state index contributed by atoms with van der Waals surface area (Å²) in [5.74, 6) is 0.950. The standard InChI is InChI=1S/C17H25N3O/c1-15(18-2)4-5-16-6-8-17(9-7-16)21-13-3-11-20-12-10-19-14-20/h6-10,12,14-15,18H,3-5,11,13H2,1-2H3. The van der Waals surface area contributed by atoms with Crippen LogP contribution >= 0.6 is 0 Å². The Labute approximate surface area is 127 Å². The second-order valence-electron chi connectivity index (χ2n) is 5.37. The Morgan fingerprint density at radius 2 is 2.10 bits per heavy atom. The minimum Gasteiger partial charge on any atom is -0.494 e. The van der Waals surface area contributed by atoms with Gasteiger partial charge in [0.15, 0.2) is 0 Å². The van der Waals surface area contributed by atoms with Crippen LogP contribution in [0.3, 0.4) is 0 Å². The number of aryl methyl sites for hydroxylation is 2. The molecule has 0 spiro atoms. The maximum atomic E-state index is 5.76. The van der Waals surface area contributed by atoms with E-state index in [0.717, 1.165) is 38.2 Å². The number of hydrogen-bond donors (Lipinski definition) is 1. The Hall–Kier alpha value is -1.81. The van der Waals surface area contributed by atoms with Crippen molar-refractivity contribution in [3.05, 3.63) is 48.5 Å². The van der Waals surface area contributed by atoms with Crippen molar-refractivity contribution in [3.8, 4) is 5.75 Å². The summed E-state index contributed by atoms with van der Waals surface area (Å²) in [6.07, 6.45) is 8.85. The lowest BCUT2D eigenvalue weighted by atomic mass is 10.1. The van der Waals surface area contributed by atoms with Gasteiger partial charge in [0.2, 0.25) is 0 Å². The quantitative estimate of drug-likeness (QED) is 0.721. The molecule has 1 unspecified atom stereocenters. The molecule has 0 aliphatic carbocycles. The highest BCUT2D eigenvalue weighted by Gasteiger charge is 2.00. The second kappa shape index (κ2) is 8.47. The summed E-state index contributed by atoms with van der Waals surface area (Å²) in [5.41, 5.74) is 1.36. The van der Waals surface area contributed by atoms with Crippen LogP contribution in [0.25, 0.3) is 0 Å². The molecule has 2 aromatic rings. The van der Waals surface area contributed by atoms with Crippen LogP contribution in [0.1, 0.15) is 25.3 Å². The molecule has 1 N–H and O–H groups in total. The van der Waals surface area contributed by atoms with Gasteiger partial charge < -0.3 is 14.6 Å². The zero-order chi connectivity index (χ0) is 14.9. The summed E-state index contributed by atoms with van der Waals surface area (Å²) in [6.45, 7) is 3.88. The molecule has 0 saturated heterocycles. The number of aromatic nitrogens is 2. The fraction of sp³-hybridized carbons (Fsp3) is 0.471. The van der Waals surface area contributed by atoms with E-state index in [4.69, 9.17) is 4.74 Å². The molecule has 114 valence electrons. The SMILES string of the molecule is CNC(C)CCc1ccc(OCCCn2ccnc2)cc1. The monoisotopic (exact) mass is 287 g/mol. The van der Waals surface area contributed by atoms with Crippen LogP contribution in [0.5, 0.6) is 5.75 Å². The number of ether oxygens (including phenoxy) is 1. The number of hydrogen-bond acceptors (Lipinski definition) is 3. The van der Waals surface area contributed by atoms with Crippen LogP contribution in [-0.2, 0) is 13.0 Å². The lowest BCUT2D eigenvalue weighted by Crippen LogP contribution is -2.21. The molecule has 0 radical (unpaired) electrons. The molecule has 0 fully saturated rings. The predicted octanol–water partition coefficient (Wildman–Crippen LogP) is 2.89. The molecular weight excluding hydrogens is 262 g/mol. The Morgan fingerprint density at radius 1 is 1.29 bits per heavy atom. The topological polar surface area (TPSA) is 39.1 Å². The molecule has 0 saturated carbocycles. The number of rotatable bonds is 9. The van der Waals surface area contributed by atoms with Crippen molar-refractivity contribution >= 4 is 0 Å². The largest absolute Gasteiger partial charge is 0.494 e. The number of nitrogens with zero attached hydrogens (tertiary/aromatic N) is 2. The van der Waals surface area contributed by atoms with E-state index in [1.807, 2.05) is 19.6 Å². The summed E-state index contributed by atoms with van der Waals surface area (Å²) >= 11 is 0. The first-order chi connectivity index (χ1) is 10.3. The lowest BCUT2D eigenvalue weighted by Gasteiger charge is -2.10. The Bertz CT molecular complexity index is 493. The molecule has 1 aromatic carbocycles. The van der Waals surface area contributed by atoms with Gasteiger partial charge in [0.25, 0.3) is 0 Å². The average molecular weight is 287 g/mol. The van der Waals surface area contributed by atoms with Gasteiger partial charge in [-0.05, 0) is 50.9 Å². The van der Waals surface area contributed by atoms with Crippen molar-refractivity contribution in [1.82, 2.24) is 14.9 Å². The van der Waals surface area contributed by atoms with Crippen LogP contribution in [0.4, 0.5) is 0 Å². The van der Waals surface area contributed by atoms with E-state index >= 15 is 0 Å². The molecule has 21 heavy (non-hydrogen) atoms. The van der Waals surface area contributed by atoms with Crippen molar-refractivity contribution in [2.45, 2.75) is 38.8 Å². The minimum atomic E-state index is 0.559. The zero-order valence-corrected chi connectivity index (χ0v) is 13.0. The lowest BCUT2D eigenvalue weighted by molar-refractivity contribution is 0.301.